The molecular formula is C22H27N3O4. The Morgan fingerprint density at radius 2 is 1.93 bits per heavy atom. The molecule has 1 saturated heterocycles. The number of benzene rings is 1. The van der Waals surface area contributed by atoms with Crippen molar-refractivity contribution in [2.75, 3.05) is 40.0 Å². The number of nitrogens with one attached hydrogen (secondary N) is 1. The molecule has 2 aromatic rings. The number of Topliss-reactive ketones (excluding diaryl/α,β-unsaturated/α-hetero) is 1. The smallest absolute Gasteiger partial charge is 0.220 e. The topological polar surface area (TPSA) is 80.8 Å². The number of hydrogen-bond donors (Lipinski definition) is 1. The van der Waals surface area contributed by atoms with Crippen LogP contribution in [0.5, 0.6) is 5.75 Å². The summed E-state index contributed by atoms with van der Waals surface area (Å²) in [6.45, 7) is 3.46. The van der Waals surface area contributed by atoms with Gasteiger partial charge in [0.2, 0.25) is 5.91 Å². The molecule has 1 atom stereocenters. The van der Waals surface area contributed by atoms with Crippen LogP contribution >= 0.6 is 0 Å². The number of hydrogen-bond acceptors (Lipinski definition) is 6. The molecule has 0 aliphatic carbocycles. The molecule has 0 spiro atoms. The lowest BCUT2D eigenvalue weighted by molar-refractivity contribution is -0.121. The van der Waals surface area contributed by atoms with Gasteiger partial charge in [-0.3, -0.25) is 19.5 Å². The summed E-state index contributed by atoms with van der Waals surface area (Å²) in [7, 11) is 1.58. The van der Waals surface area contributed by atoms with Gasteiger partial charge in [0.05, 0.1) is 26.4 Å². The van der Waals surface area contributed by atoms with E-state index in [0.29, 0.717) is 31.1 Å². The normalized spacial score (nSPS) is 15.5. The first kappa shape index (κ1) is 21.0. The van der Waals surface area contributed by atoms with Crippen molar-refractivity contribution in [3.05, 3.63) is 59.9 Å². The van der Waals surface area contributed by atoms with E-state index in [1.54, 1.807) is 37.6 Å². The number of pyridine rings is 1. The van der Waals surface area contributed by atoms with E-state index in [4.69, 9.17) is 9.47 Å². The van der Waals surface area contributed by atoms with Gasteiger partial charge in [-0.2, -0.15) is 0 Å². The number of morpholine rings is 1. The number of methoxy groups -OCH3 is 1. The Morgan fingerprint density at radius 1 is 1.17 bits per heavy atom. The van der Waals surface area contributed by atoms with Crippen molar-refractivity contribution in [2.24, 2.45) is 0 Å². The molecule has 0 saturated carbocycles. The molecule has 1 fully saturated rings. The fraction of sp³-hybridized carbons (Fsp3) is 0.409. The van der Waals surface area contributed by atoms with Crippen molar-refractivity contribution < 1.29 is 19.1 Å². The highest BCUT2D eigenvalue weighted by molar-refractivity contribution is 5.98. The first-order valence-corrected chi connectivity index (χ1v) is 9.83. The van der Waals surface area contributed by atoms with Crippen LogP contribution in [0.25, 0.3) is 0 Å². The molecule has 0 radical (unpaired) electrons. The van der Waals surface area contributed by atoms with Crippen LogP contribution in [-0.2, 0) is 9.53 Å². The summed E-state index contributed by atoms with van der Waals surface area (Å²) in [5.41, 5.74) is 1.64. The van der Waals surface area contributed by atoms with Crippen molar-refractivity contribution in [2.45, 2.75) is 18.9 Å². The Balaban J connectivity index is 1.52. The number of aromatic nitrogens is 1. The van der Waals surface area contributed by atoms with Crippen LogP contribution in [0.1, 0.15) is 34.8 Å². The quantitative estimate of drug-likeness (QED) is 0.654. The lowest BCUT2D eigenvalue weighted by Gasteiger charge is -2.34. The summed E-state index contributed by atoms with van der Waals surface area (Å²) < 4.78 is 10.5. The molecule has 7 nitrogen and oxygen atoms in total. The molecule has 1 aromatic heterocycles. The maximum absolute atomic E-state index is 12.4. The molecule has 1 aliphatic heterocycles. The Hall–Kier alpha value is -2.77. The monoisotopic (exact) mass is 397 g/mol. The second-order valence-electron chi connectivity index (χ2n) is 6.91. The van der Waals surface area contributed by atoms with Gasteiger partial charge in [-0.1, -0.05) is 6.07 Å². The molecular weight excluding hydrogens is 370 g/mol. The van der Waals surface area contributed by atoms with Crippen molar-refractivity contribution >= 4 is 11.7 Å². The highest BCUT2D eigenvalue weighted by Crippen LogP contribution is 2.20. The summed E-state index contributed by atoms with van der Waals surface area (Å²) in [5, 5.41) is 2.98. The third-order valence-electron chi connectivity index (χ3n) is 5.04. The number of nitrogens with zero attached hydrogens (tertiary/aromatic N) is 2. The molecule has 29 heavy (non-hydrogen) atoms. The fourth-order valence-electron chi connectivity index (χ4n) is 3.37. The Labute approximate surface area is 171 Å². The van der Waals surface area contributed by atoms with Gasteiger partial charge >= 0.3 is 0 Å². The van der Waals surface area contributed by atoms with Crippen molar-refractivity contribution in [1.82, 2.24) is 15.2 Å². The van der Waals surface area contributed by atoms with E-state index in [1.165, 1.54) is 0 Å². The van der Waals surface area contributed by atoms with Gasteiger partial charge in [-0.15, -0.1) is 0 Å². The number of carbonyl (C=O) groups is 2. The van der Waals surface area contributed by atoms with E-state index in [2.05, 4.69) is 15.2 Å². The van der Waals surface area contributed by atoms with E-state index < -0.39 is 0 Å². The first-order chi connectivity index (χ1) is 14.2. The maximum Gasteiger partial charge on any atom is 0.220 e. The Morgan fingerprint density at radius 3 is 2.59 bits per heavy atom. The van der Waals surface area contributed by atoms with Crippen LogP contribution in [0.15, 0.2) is 48.8 Å². The minimum Gasteiger partial charge on any atom is -0.497 e. The highest BCUT2D eigenvalue weighted by Gasteiger charge is 2.23. The largest absolute Gasteiger partial charge is 0.497 e. The SMILES string of the molecule is COc1ccc(C(=O)CCC(=O)NCC(c2cccnc2)N2CCOCC2)cc1. The van der Waals surface area contributed by atoms with Crippen LogP contribution in [0.3, 0.4) is 0 Å². The zero-order valence-corrected chi connectivity index (χ0v) is 16.7. The minimum atomic E-state index is -0.131. The predicted octanol–water partition coefficient (Wildman–Crippen LogP) is 2.24. The second kappa shape index (κ2) is 10.7. The standard InChI is InChI=1S/C22H27N3O4/c1-28-19-6-4-17(5-7-19)21(26)8-9-22(27)24-16-20(18-3-2-10-23-15-18)25-11-13-29-14-12-25/h2-7,10,15,20H,8-9,11-14,16H2,1H3,(H,24,27). The van der Waals surface area contributed by atoms with Crippen molar-refractivity contribution in [3.8, 4) is 5.75 Å². The number of ketones is 1. The fourth-order valence-corrected chi connectivity index (χ4v) is 3.37. The molecule has 154 valence electrons. The van der Waals surface area contributed by atoms with Gasteiger partial charge in [0.25, 0.3) is 0 Å². The van der Waals surface area contributed by atoms with E-state index in [1.807, 2.05) is 18.3 Å². The number of carbonyl (C=O) groups excluding carboxylic acids is 2. The van der Waals surface area contributed by atoms with Crippen LogP contribution in [0.2, 0.25) is 0 Å². The average molecular weight is 397 g/mol. The van der Waals surface area contributed by atoms with E-state index in [9.17, 15) is 9.59 Å². The van der Waals surface area contributed by atoms with Crippen molar-refractivity contribution in [3.63, 3.8) is 0 Å². The van der Waals surface area contributed by atoms with Crippen LogP contribution in [0.4, 0.5) is 0 Å². The molecule has 1 aliphatic rings. The van der Waals surface area contributed by atoms with Crippen LogP contribution < -0.4 is 10.1 Å². The molecule has 7 heteroatoms. The van der Waals surface area contributed by atoms with Gasteiger partial charge in [-0.05, 0) is 35.9 Å². The molecule has 1 N–H and O–H groups in total. The Kier molecular flexibility index (Phi) is 7.72. The van der Waals surface area contributed by atoms with E-state index in [-0.39, 0.29) is 30.6 Å². The lowest BCUT2D eigenvalue weighted by Crippen LogP contribution is -2.43. The van der Waals surface area contributed by atoms with Gasteiger partial charge < -0.3 is 14.8 Å². The number of rotatable bonds is 9. The highest BCUT2D eigenvalue weighted by atomic mass is 16.5. The zero-order valence-electron chi connectivity index (χ0n) is 16.7. The summed E-state index contributed by atoms with van der Waals surface area (Å²) in [6, 6.07) is 10.9. The van der Waals surface area contributed by atoms with Crippen LogP contribution in [0, 0.1) is 0 Å². The van der Waals surface area contributed by atoms with Gasteiger partial charge in [0.15, 0.2) is 5.78 Å². The summed E-state index contributed by atoms with van der Waals surface area (Å²) in [4.78, 5) is 31.2. The maximum atomic E-state index is 12.4. The summed E-state index contributed by atoms with van der Waals surface area (Å²) in [5.74, 6) is 0.512. The molecule has 1 amide bonds. The third-order valence-corrected chi connectivity index (χ3v) is 5.04. The third kappa shape index (κ3) is 6.10. The van der Waals surface area contributed by atoms with Gasteiger partial charge in [0.1, 0.15) is 5.75 Å². The summed E-state index contributed by atoms with van der Waals surface area (Å²) in [6.07, 6.45) is 3.91. The molecule has 1 aromatic carbocycles. The number of ether oxygens (including phenoxy) is 2. The van der Waals surface area contributed by atoms with Gasteiger partial charge in [0, 0.05) is 50.4 Å². The van der Waals surface area contributed by atoms with Crippen molar-refractivity contribution in [1.29, 1.82) is 0 Å². The Bertz CT molecular complexity index is 789. The van der Waals surface area contributed by atoms with Gasteiger partial charge in [-0.25, -0.2) is 0 Å². The zero-order chi connectivity index (χ0) is 20.5. The molecule has 2 heterocycles. The molecule has 1 unspecified atom stereocenters. The molecule has 0 bridgehead atoms. The van der Waals surface area contributed by atoms with E-state index >= 15 is 0 Å². The number of amides is 1. The minimum absolute atomic E-state index is 0.0360. The average Bonchev–Trinajstić information content (AvgIpc) is 2.79. The van der Waals surface area contributed by atoms with E-state index in [0.717, 1.165) is 18.7 Å². The first-order valence-electron chi connectivity index (χ1n) is 9.83. The van der Waals surface area contributed by atoms with Crippen LogP contribution in [-0.4, -0.2) is 61.5 Å². The molecule has 3 rings (SSSR count). The predicted molar refractivity (Wildman–Crippen MR) is 109 cm³/mol. The second-order valence-corrected chi connectivity index (χ2v) is 6.91. The lowest BCUT2D eigenvalue weighted by atomic mass is 10.1. The summed E-state index contributed by atoms with van der Waals surface area (Å²) >= 11 is 0.